The van der Waals surface area contributed by atoms with Crippen LogP contribution in [0.1, 0.15) is 32.8 Å². The number of nitrogens with one attached hydrogen (secondary N) is 1. The van der Waals surface area contributed by atoms with Crippen LogP contribution in [0.25, 0.3) is 0 Å². The number of carbonyl (C=O) groups is 2. The molecule has 0 bridgehead atoms. The van der Waals surface area contributed by atoms with Crippen LogP contribution in [0.15, 0.2) is 24.3 Å². The van der Waals surface area contributed by atoms with E-state index < -0.39 is 17.4 Å². The molecule has 0 saturated heterocycles. The van der Waals surface area contributed by atoms with Crippen molar-refractivity contribution in [1.82, 2.24) is 5.32 Å². The van der Waals surface area contributed by atoms with Crippen molar-refractivity contribution < 1.29 is 14.7 Å². The molecule has 1 amide bonds. The van der Waals surface area contributed by atoms with Gasteiger partial charge < -0.3 is 16.2 Å². The molecule has 0 aliphatic heterocycles. The lowest BCUT2D eigenvalue weighted by Crippen LogP contribution is -2.48. The van der Waals surface area contributed by atoms with Crippen molar-refractivity contribution in [1.29, 1.82) is 0 Å². The second-order valence-electron chi connectivity index (χ2n) is 5.02. The lowest BCUT2D eigenvalue weighted by molar-refractivity contribution is -0.142. The third-order valence-corrected chi connectivity index (χ3v) is 3.21. The number of carboxylic acids is 1. The fourth-order valence-electron chi connectivity index (χ4n) is 1.71. The summed E-state index contributed by atoms with van der Waals surface area (Å²) in [6.07, 6.45) is 0.346. The molecule has 0 radical (unpaired) electrons. The van der Waals surface area contributed by atoms with E-state index >= 15 is 0 Å². The molecular weight excluding hydrogens is 244 g/mol. The maximum absolute atomic E-state index is 12.2. The van der Waals surface area contributed by atoms with E-state index in [0.717, 1.165) is 5.56 Å². The molecule has 5 heteroatoms. The van der Waals surface area contributed by atoms with Crippen molar-refractivity contribution in [3.63, 3.8) is 0 Å². The molecule has 0 aliphatic rings. The predicted molar refractivity (Wildman–Crippen MR) is 73.7 cm³/mol. The van der Waals surface area contributed by atoms with Gasteiger partial charge in [-0.05, 0) is 38.0 Å². The first-order chi connectivity index (χ1) is 8.78. The molecule has 0 aliphatic carbocycles. The first-order valence-corrected chi connectivity index (χ1v) is 6.18. The molecule has 0 saturated carbocycles. The highest BCUT2D eigenvalue weighted by Gasteiger charge is 2.32. The summed E-state index contributed by atoms with van der Waals surface area (Å²) in [7, 11) is 0. The van der Waals surface area contributed by atoms with Crippen molar-refractivity contribution in [2.75, 3.05) is 5.73 Å². The van der Waals surface area contributed by atoms with Gasteiger partial charge in [0.25, 0.3) is 0 Å². The van der Waals surface area contributed by atoms with Crippen molar-refractivity contribution in [2.24, 2.45) is 0 Å². The molecule has 0 spiro atoms. The summed E-state index contributed by atoms with van der Waals surface area (Å²) in [5, 5.41) is 11.5. The van der Waals surface area contributed by atoms with Crippen LogP contribution in [0.2, 0.25) is 0 Å². The summed E-state index contributed by atoms with van der Waals surface area (Å²) in [6.45, 7) is 5.22. The standard InChI is InChI=1S/C14H20N2O3/c1-4-11(12(17)18)16-13(19)14(2,3)9-5-7-10(15)8-6-9/h5-8,11H,4,15H2,1-3H3,(H,16,19)(H,17,18)/t11-/m1/s1. The topological polar surface area (TPSA) is 92.4 Å². The van der Waals surface area contributed by atoms with Gasteiger partial charge in [0.15, 0.2) is 0 Å². The summed E-state index contributed by atoms with van der Waals surface area (Å²) in [5.74, 6) is -1.34. The molecule has 4 N–H and O–H groups in total. The smallest absolute Gasteiger partial charge is 0.326 e. The minimum absolute atomic E-state index is 0.313. The summed E-state index contributed by atoms with van der Waals surface area (Å²) in [6, 6.07) is 6.13. The Morgan fingerprint density at radius 2 is 1.84 bits per heavy atom. The maximum atomic E-state index is 12.2. The number of hydrogen-bond acceptors (Lipinski definition) is 3. The van der Waals surface area contributed by atoms with Crippen LogP contribution in [-0.2, 0) is 15.0 Å². The Hall–Kier alpha value is -2.04. The molecule has 0 heterocycles. The summed E-state index contributed by atoms with van der Waals surface area (Å²) < 4.78 is 0. The fourth-order valence-corrected chi connectivity index (χ4v) is 1.71. The van der Waals surface area contributed by atoms with E-state index in [9.17, 15) is 9.59 Å². The molecule has 1 aromatic rings. The van der Waals surface area contributed by atoms with Crippen LogP contribution >= 0.6 is 0 Å². The third kappa shape index (κ3) is 3.47. The quantitative estimate of drug-likeness (QED) is 0.703. The Morgan fingerprint density at radius 3 is 2.26 bits per heavy atom. The zero-order valence-corrected chi connectivity index (χ0v) is 11.4. The molecule has 1 rings (SSSR count). The van der Waals surface area contributed by atoms with Crippen LogP contribution in [0.3, 0.4) is 0 Å². The maximum Gasteiger partial charge on any atom is 0.326 e. The summed E-state index contributed by atoms with van der Waals surface area (Å²) in [4.78, 5) is 23.2. The third-order valence-electron chi connectivity index (χ3n) is 3.21. The van der Waals surface area contributed by atoms with E-state index in [1.807, 2.05) is 0 Å². The Labute approximate surface area is 112 Å². The Morgan fingerprint density at radius 1 is 1.32 bits per heavy atom. The van der Waals surface area contributed by atoms with Crippen molar-refractivity contribution >= 4 is 17.6 Å². The van der Waals surface area contributed by atoms with Crippen molar-refractivity contribution in [3.8, 4) is 0 Å². The number of aliphatic carboxylic acids is 1. The van der Waals surface area contributed by atoms with E-state index in [1.165, 1.54) is 0 Å². The van der Waals surface area contributed by atoms with E-state index in [2.05, 4.69) is 5.32 Å². The van der Waals surface area contributed by atoms with Crippen molar-refractivity contribution in [2.45, 2.75) is 38.6 Å². The number of rotatable bonds is 5. The molecule has 19 heavy (non-hydrogen) atoms. The number of carbonyl (C=O) groups excluding carboxylic acids is 1. The molecule has 104 valence electrons. The number of amides is 1. The van der Waals surface area contributed by atoms with E-state index in [0.29, 0.717) is 12.1 Å². The lowest BCUT2D eigenvalue weighted by atomic mass is 9.83. The number of hydrogen-bond donors (Lipinski definition) is 3. The van der Waals surface area contributed by atoms with Gasteiger partial charge in [-0.2, -0.15) is 0 Å². The number of benzene rings is 1. The van der Waals surface area contributed by atoms with Crippen LogP contribution in [0.5, 0.6) is 0 Å². The van der Waals surface area contributed by atoms with Crippen molar-refractivity contribution in [3.05, 3.63) is 29.8 Å². The van der Waals surface area contributed by atoms with Gasteiger partial charge in [-0.3, -0.25) is 4.79 Å². The molecule has 0 aromatic heterocycles. The second-order valence-corrected chi connectivity index (χ2v) is 5.02. The molecular formula is C14H20N2O3. The van der Waals surface area contributed by atoms with E-state index in [1.54, 1.807) is 45.0 Å². The molecule has 5 nitrogen and oxygen atoms in total. The van der Waals surface area contributed by atoms with E-state index in [-0.39, 0.29) is 5.91 Å². The lowest BCUT2D eigenvalue weighted by Gasteiger charge is -2.26. The highest BCUT2D eigenvalue weighted by atomic mass is 16.4. The Bertz CT molecular complexity index is 466. The normalized spacial score (nSPS) is 12.8. The molecule has 0 fully saturated rings. The van der Waals surface area contributed by atoms with Gasteiger partial charge in [0, 0.05) is 5.69 Å². The number of nitrogens with two attached hydrogens (primary N) is 1. The predicted octanol–water partition coefficient (Wildman–Crippen LogP) is 1.53. The number of carboxylic acid groups (broad SMARTS) is 1. The monoisotopic (exact) mass is 264 g/mol. The average Bonchev–Trinajstić information content (AvgIpc) is 2.35. The molecule has 1 aromatic carbocycles. The number of nitrogen functional groups attached to an aromatic ring is 1. The van der Waals surface area contributed by atoms with Gasteiger partial charge in [0.1, 0.15) is 6.04 Å². The van der Waals surface area contributed by atoms with Crippen LogP contribution in [0.4, 0.5) is 5.69 Å². The van der Waals surface area contributed by atoms with Gasteiger partial charge in [-0.25, -0.2) is 4.79 Å². The summed E-state index contributed by atoms with van der Waals surface area (Å²) in [5.41, 5.74) is 6.21. The van der Waals surface area contributed by atoms with Gasteiger partial charge in [0.05, 0.1) is 5.41 Å². The average molecular weight is 264 g/mol. The minimum atomic E-state index is -1.02. The zero-order chi connectivity index (χ0) is 14.6. The number of anilines is 1. The van der Waals surface area contributed by atoms with Gasteiger partial charge in [-0.15, -0.1) is 0 Å². The molecule has 0 unspecified atom stereocenters. The summed E-state index contributed by atoms with van der Waals surface area (Å²) >= 11 is 0. The minimum Gasteiger partial charge on any atom is -0.480 e. The zero-order valence-electron chi connectivity index (χ0n) is 11.4. The fraction of sp³-hybridized carbons (Fsp3) is 0.429. The second kappa shape index (κ2) is 5.73. The van der Waals surface area contributed by atoms with Gasteiger partial charge in [-0.1, -0.05) is 19.1 Å². The molecule has 1 atom stereocenters. The highest BCUT2D eigenvalue weighted by Crippen LogP contribution is 2.24. The van der Waals surface area contributed by atoms with Crippen LogP contribution in [0, 0.1) is 0 Å². The first kappa shape index (κ1) is 15.0. The van der Waals surface area contributed by atoms with Crippen LogP contribution < -0.4 is 11.1 Å². The van der Waals surface area contributed by atoms with E-state index in [4.69, 9.17) is 10.8 Å². The Balaban J connectivity index is 2.90. The van der Waals surface area contributed by atoms with Gasteiger partial charge >= 0.3 is 5.97 Å². The van der Waals surface area contributed by atoms with Gasteiger partial charge in [0.2, 0.25) is 5.91 Å². The highest BCUT2D eigenvalue weighted by molar-refractivity contribution is 5.90. The SMILES string of the molecule is CC[C@@H](NC(=O)C(C)(C)c1ccc(N)cc1)C(=O)O. The largest absolute Gasteiger partial charge is 0.480 e. The van der Waals surface area contributed by atoms with Crippen LogP contribution in [-0.4, -0.2) is 23.0 Å². The first-order valence-electron chi connectivity index (χ1n) is 6.18. The Kier molecular flexibility index (Phi) is 4.53.